The zero-order chi connectivity index (χ0) is 20.8. The maximum Gasteiger partial charge on any atom is 0.303 e. The maximum absolute atomic E-state index is 14.5. The third-order valence-electron chi connectivity index (χ3n) is 6.31. The van der Waals surface area contributed by atoms with Crippen molar-refractivity contribution >= 4 is 5.97 Å². The van der Waals surface area contributed by atoms with Crippen LogP contribution in [0.5, 0.6) is 0 Å². The summed E-state index contributed by atoms with van der Waals surface area (Å²) in [5.41, 5.74) is 2.55. The number of rotatable bonds is 9. The average Bonchev–Trinajstić information content (AvgIpc) is 3.23. The second-order valence-electron chi connectivity index (χ2n) is 8.37. The first-order chi connectivity index (χ1) is 14.0. The molecule has 4 nitrogen and oxygen atoms in total. The zero-order valence-electron chi connectivity index (χ0n) is 16.7. The lowest BCUT2D eigenvalue weighted by Gasteiger charge is -2.20. The van der Waals surface area contributed by atoms with Crippen molar-refractivity contribution in [3.63, 3.8) is 0 Å². The SMILES string of the molecule is O=C(O)CCCC=CCC1C(C=C[C@H](O)C2Cc3ccccc3C2)[C@@H](F)C[C@@H]1O. The van der Waals surface area contributed by atoms with E-state index in [-0.39, 0.29) is 24.7 Å². The topological polar surface area (TPSA) is 77.8 Å². The molecule has 2 unspecified atom stereocenters. The van der Waals surface area contributed by atoms with Crippen LogP contribution in [-0.4, -0.2) is 39.7 Å². The molecule has 158 valence electrons. The molecule has 0 bridgehead atoms. The lowest BCUT2D eigenvalue weighted by atomic mass is 9.89. The molecule has 1 aromatic carbocycles. The van der Waals surface area contributed by atoms with Crippen molar-refractivity contribution in [2.24, 2.45) is 17.8 Å². The van der Waals surface area contributed by atoms with Crippen molar-refractivity contribution in [2.75, 3.05) is 0 Å². The largest absolute Gasteiger partial charge is 0.481 e. The minimum Gasteiger partial charge on any atom is -0.481 e. The van der Waals surface area contributed by atoms with Crippen LogP contribution in [0.4, 0.5) is 4.39 Å². The number of carboxylic acids is 1. The van der Waals surface area contributed by atoms with Gasteiger partial charge in [0.05, 0.1) is 12.2 Å². The van der Waals surface area contributed by atoms with Crippen LogP contribution in [0.15, 0.2) is 48.6 Å². The van der Waals surface area contributed by atoms with Crippen LogP contribution in [0.25, 0.3) is 0 Å². The molecule has 29 heavy (non-hydrogen) atoms. The second-order valence-corrected chi connectivity index (χ2v) is 8.37. The molecule has 0 amide bonds. The summed E-state index contributed by atoms with van der Waals surface area (Å²) in [5.74, 6) is -1.32. The van der Waals surface area contributed by atoms with Crippen molar-refractivity contribution in [1.29, 1.82) is 0 Å². The Kier molecular flexibility index (Phi) is 7.62. The molecule has 3 N–H and O–H groups in total. The Morgan fingerprint density at radius 3 is 2.55 bits per heavy atom. The third kappa shape index (κ3) is 5.77. The molecule has 0 saturated heterocycles. The van der Waals surface area contributed by atoms with Gasteiger partial charge in [-0.2, -0.15) is 0 Å². The number of aliphatic hydroxyl groups excluding tert-OH is 2. The van der Waals surface area contributed by atoms with Crippen LogP contribution >= 0.6 is 0 Å². The Morgan fingerprint density at radius 2 is 1.90 bits per heavy atom. The number of alkyl halides is 1. The van der Waals surface area contributed by atoms with Gasteiger partial charge in [-0.3, -0.25) is 4.79 Å². The van der Waals surface area contributed by atoms with E-state index in [2.05, 4.69) is 12.1 Å². The van der Waals surface area contributed by atoms with Gasteiger partial charge in [-0.15, -0.1) is 0 Å². The Bertz CT molecular complexity index is 719. The van der Waals surface area contributed by atoms with Gasteiger partial charge in [-0.25, -0.2) is 4.39 Å². The number of benzene rings is 1. The van der Waals surface area contributed by atoms with E-state index < -0.39 is 30.3 Å². The van der Waals surface area contributed by atoms with Crippen LogP contribution in [0.1, 0.15) is 43.2 Å². The normalized spacial score (nSPS) is 28.4. The first-order valence-electron chi connectivity index (χ1n) is 10.6. The van der Waals surface area contributed by atoms with Gasteiger partial charge in [0.1, 0.15) is 6.17 Å². The number of carboxylic acid groups (broad SMARTS) is 1. The molecule has 0 radical (unpaired) electrons. The average molecular weight is 403 g/mol. The number of carbonyl (C=O) groups is 1. The van der Waals surface area contributed by atoms with Gasteiger partial charge in [0.25, 0.3) is 0 Å². The first-order valence-corrected chi connectivity index (χ1v) is 10.6. The molecule has 3 rings (SSSR count). The molecular weight excluding hydrogens is 371 g/mol. The summed E-state index contributed by atoms with van der Waals surface area (Å²) >= 11 is 0. The van der Waals surface area contributed by atoms with E-state index in [0.717, 1.165) is 12.8 Å². The highest BCUT2D eigenvalue weighted by Gasteiger charge is 2.40. The van der Waals surface area contributed by atoms with Gasteiger partial charge in [0.2, 0.25) is 0 Å². The Morgan fingerprint density at radius 1 is 1.21 bits per heavy atom. The summed E-state index contributed by atoms with van der Waals surface area (Å²) in [7, 11) is 0. The highest BCUT2D eigenvalue weighted by atomic mass is 19.1. The number of hydrogen-bond donors (Lipinski definition) is 3. The van der Waals surface area contributed by atoms with E-state index in [1.807, 2.05) is 24.3 Å². The molecular formula is C24H31FO4. The maximum atomic E-state index is 14.5. The summed E-state index contributed by atoms with van der Waals surface area (Å²) in [6.45, 7) is 0. The van der Waals surface area contributed by atoms with Gasteiger partial charge in [0, 0.05) is 18.8 Å². The Balaban J connectivity index is 1.53. The molecule has 0 spiro atoms. The van der Waals surface area contributed by atoms with Gasteiger partial charge < -0.3 is 15.3 Å². The van der Waals surface area contributed by atoms with E-state index in [9.17, 15) is 19.4 Å². The number of hydrogen-bond acceptors (Lipinski definition) is 3. The standard InChI is InChI=1S/C24H31FO4/c25-21-15-23(27)20(9-3-1-2-4-10-24(28)29)19(21)11-12-22(26)18-13-16-7-5-6-8-17(16)14-18/h1,3,5-8,11-12,18-23,26-27H,2,4,9-10,13-15H2,(H,28,29)/t19?,20?,21-,22-,23-/m0/s1. The quantitative estimate of drug-likeness (QED) is 0.433. The summed E-state index contributed by atoms with van der Waals surface area (Å²) in [6.07, 6.45) is 8.57. The van der Waals surface area contributed by atoms with Gasteiger partial charge in [-0.05, 0) is 55.1 Å². The lowest BCUT2D eigenvalue weighted by Crippen LogP contribution is -2.21. The van der Waals surface area contributed by atoms with Gasteiger partial charge >= 0.3 is 5.97 Å². The molecule has 5 atom stereocenters. The summed E-state index contributed by atoms with van der Waals surface area (Å²) in [5, 5.41) is 29.5. The van der Waals surface area contributed by atoms with Crippen molar-refractivity contribution in [3.8, 4) is 0 Å². The molecule has 5 heteroatoms. The van der Waals surface area contributed by atoms with E-state index in [1.165, 1.54) is 11.1 Å². The molecule has 0 aromatic heterocycles. The van der Waals surface area contributed by atoms with Crippen molar-refractivity contribution in [3.05, 3.63) is 59.7 Å². The molecule has 2 aliphatic rings. The number of aliphatic carboxylic acids is 1. The highest BCUT2D eigenvalue weighted by Crippen LogP contribution is 2.38. The lowest BCUT2D eigenvalue weighted by molar-refractivity contribution is -0.137. The molecule has 1 aromatic rings. The number of fused-ring (bicyclic) bond motifs is 1. The zero-order valence-corrected chi connectivity index (χ0v) is 16.7. The van der Waals surface area contributed by atoms with Crippen LogP contribution in [0.2, 0.25) is 0 Å². The fraction of sp³-hybridized carbons (Fsp3) is 0.542. The minimum absolute atomic E-state index is 0.112. The smallest absolute Gasteiger partial charge is 0.303 e. The number of allylic oxidation sites excluding steroid dienone is 3. The molecule has 1 fully saturated rings. The summed E-state index contributed by atoms with van der Waals surface area (Å²) in [4.78, 5) is 10.5. The van der Waals surface area contributed by atoms with E-state index in [1.54, 1.807) is 12.2 Å². The van der Waals surface area contributed by atoms with Crippen molar-refractivity contribution < 1.29 is 24.5 Å². The summed E-state index contributed by atoms with van der Waals surface area (Å²) in [6, 6.07) is 8.21. The van der Waals surface area contributed by atoms with Gasteiger partial charge in [0.15, 0.2) is 0 Å². The van der Waals surface area contributed by atoms with Crippen LogP contribution in [-0.2, 0) is 17.6 Å². The van der Waals surface area contributed by atoms with E-state index >= 15 is 0 Å². The van der Waals surface area contributed by atoms with Gasteiger partial charge in [-0.1, -0.05) is 48.6 Å². The minimum atomic E-state index is -1.11. The molecule has 1 saturated carbocycles. The molecule has 0 aliphatic heterocycles. The fourth-order valence-corrected chi connectivity index (χ4v) is 4.64. The Labute approximate surface area is 171 Å². The fourth-order valence-electron chi connectivity index (χ4n) is 4.64. The molecule has 2 aliphatic carbocycles. The second kappa shape index (κ2) is 10.2. The van der Waals surface area contributed by atoms with Crippen LogP contribution in [0.3, 0.4) is 0 Å². The first kappa shape index (κ1) is 21.7. The predicted molar refractivity (Wildman–Crippen MR) is 110 cm³/mol. The van der Waals surface area contributed by atoms with Crippen molar-refractivity contribution in [2.45, 2.75) is 63.3 Å². The number of halogens is 1. The van der Waals surface area contributed by atoms with Crippen LogP contribution in [0, 0.1) is 17.8 Å². The summed E-state index contributed by atoms with van der Waals surface area (Å²) < 4.78 is 14.5. The van der Waals surface area contributed by atoms with E-state index in [4.69, 9.17) is 5.11 Å². The number of unbranched alkanes of at least 4 members (excludes halogenated alkanes) is 1. The van der Waals surface area contributed by atoms with Crippen molar-refractivity contribution in [1.82, 2.24) is 0 Å². The van der Waals surface area contributed by atoms with Crippen LogP contribution < -0.4 is 0 Å². The number of aliphatic hydroxyl groups is 2. The highest BCUT2D eigenvalue weighted by molar-refractivity contribution is 5.66. The predicted octanol–water partition coefficient (Wildman–Crippen LogP) is 3.85. The third-order valence-corrected chi connectivity index (χ3v) is 6.31. The van der Waals surface area contributed by atoms with E-state index in [0.29, 0.717) is 19.3 Å². The monoisotopic (exact) mass is 402 g/mol. The molecule has 0 heterocycles. The Hall–Kier alpha value is -1.98.